The van der Waals surface area contributed by atoms with Crippen LogP contribution < -0.4 is 0 Å². The Kier molecular flexibility index (Phi) is 3.72. The van der Waals surface area contributed by atoms with Crippen molar-refractivity contribution in [3.8, 4) is 0 Å². The van der Waals surface area contributed by atoms with Gasteiger partial charge in [-0.3, -0.25) is 4.79 Å². The van der Waals surface area contributed by atoms with E-state index in [4.69, 9.17) is 4.52 Å². The molecule has 0 aliphatic carbocycles. The second-order valence-corrected chi connectivity index (χ2v) is 5.93. The molecule has 2 aromatic rings. The SMILES string of the molecule is CCc1nnc2n1CCN(C(=O)c1c(C)noc1C(C)C)C2. The summed E-state index contributed by atoms with van der Waals surface area (Å²) in [5.41, 5.74) is 1.24. The Morgan fingerprint density at radius 2 is 2.09 bits per heavy atom. The summed E-state index contributed by atoms with van der Waals surface area (Å²) in [4.78, 5) is 14.7. The van der Waals surface area contributed by atoms with Crippen LogP contribution in [0.2, 0.25) is 0 Å². The van der Waals surface area contributed by atoms with Gasteiger partial charge in [-0.2, -0.15) is 0 Å². The minimum absolute atomic E-state index is 0.0326. The number of rotatable bonds is 3. The third-order valence-electron chi connectivity index (χ3n) is 4.06. The highest BCUT2D eigenvalue weighted by Crippen LogP contribution is 2.25. The highest BCUT2D eigenvalue weighted by atomic mass is 16.5. The van der Waals surface area contributed by atoms with Crippen molar-refractivity contribution >= 4 is 5.91 Å². The number of nitrogens with zero attached hydrogens (tertiary/aromatic N) is 5. The zero-order valence-corrected chi connectivity index (χ0v) is 13.5. The third kappa shape index (κ3) is 2.30. The average Bonchev–Trinajstić information content (AvgIpc) is 3.08. The lowest BCUT2D eigenvalue weighted by Gasteiger charge is -2.28. The van der Waals surface area contributed by atoms with Crippen LogP contribution in [-0.2, 0) is 19.5 Å². The molecule has 3 rings (SSSR count). The van der Waals surface area contributed by atoms with Crippen molar-refractivity contribution in [2.24, 2.45) is 0 Å². The lowest BCUT2D eigenvalue weighted by Crippen LogP contribution is -2.39. The van der Waals surface area contributed by atoms with E-state index in [-0.39, 0.29) is 11.8 Å². The predicted molar refractivity (Wildman–Crippen MR) is 79.5 cm³/mol. The van der Waals surface area contributed by atoms with Crippen LogP contribution in [0.1, 0.15) is 60.2 Å². The number of amides is 1. The molecule has 0 bridgehead atoms. The molecule has 22 heavy (non-hydrogen) atoms. The van der Waals surface area contributed by atoms with E-state index in [0.29, 0.717) is 30.1 Å². The third-order valence-corrected chi connectivity index (χ3v) is 4.06. The number of fused-ring (bicyclic) bond motifs is 1. The van der Waals surface area contributed by atoms with Gasteiger partial charge in [-0.05, 0) is 6.92 Å². The Morgan fingerprint density at radius 1 is 1.32 bits per heavy atom. The lowest BCUT2D eigenvalue weighted by atomic mass is 10.0. The molecule has 7 heteroatoms. The number of carbonyl (C=O) groups is 1. The molecule has 118 valence electrons. The van der Waals surface area contributed by atoms with Crippen LogP contribution in [0.4, 0.5) is 0 Å². The van der Waals surface area contributed by atoms with Crippen LogP contribution in [0.3, 0.4) is 0 Å². The number of hydrogen-bond acceptors (Lipinski definition) is 5. The molecule has 7 nitrogen and oxygen atoms in total. The maximum absolute atomic E-state index is 12.9. The first-order valence-corrected chi connectivity index (χ1v) is 7.69. The van der Waals surface area contributed by atoms with Crippen LogP contribution in [0.15, 0.2) is 4.52 Å². The molecule has 0 N–H and O–H groups in total. The zero-order chi connectivity index (χ0) is 15.9. The quantitative estimate of drug-likeness (QED) is 0.865. The highest BCUT2D eigenvalue weighted by molar-refractivity contribution is 5.96. The van der Waals surface area contributed by atoms with E-state index >= 15 is 0 Å². The lowest BCUT2D eigenvalue weighted by molar-refractivity contribution is 0.0703. The summed E-state index contributed by atoms with van der Waals surface area (Å²) in [5, 5.41) is 12.3. The van der Waals surface area contributed by atoms with Crippen molar-refractivity contribution in [3.05, 3.63) is 28.7 Å². The van der Waals surface area contributed by atoms with E-state index in [1.165, 1.54) is 0 Å². The molecular formula is C15H21N5O2. The normalized spacial score (nSPS) is 14.5. The summed E-state index contributed by atoms with van der Waals surface area (Å²) < 4.78 is 7.43. The van der Waals surface area contributed by atoms with Gasteiger partial charge in [0, 0.05) is 25.4 Å². The fraction of sp³-hybridized carbons (Fsp3) is 0.600. The van der Waals surface area contributed by atoms with Crippen LogP contribution >= 0.6 is 0 Å². The second kappa shape index (κ2) is 5.55. The molecule has 2 aromatic heterocycles. The Balaban J connectivity index is 1.87. The molecule has 0 aromatic carbocycles. The maximum atomic E-state index is 12.9. The standard InChI is InChI=1S/C15H21N5O2/c1-5-11-16-17-12-8-19(6-7-20(11)12)15(21)13-10(4)18-22-14(13)9(2)3/h9H,5-8H2,1-4H3. The first kappa shape index (κ1) is 14.7. The Hall–Kier alpha value is -2.18. The topological polar surface area (TPSA) is 77.1 Å². The molecule has 0 unspecified atom stereocenters. The Labute approximate surface area is 129 Å². The van der Waals surface area contributed by atoms with Gasteiger partial charge < -0.3 is 14.0 Å². The second-order valence-electron chi connectivity index (χ2n) is 5.93. The van der Waals surface area contributed by atoms with Gasteiger partial charge in [0.15, 0.2) is 11.6 Å². The Morgan fingerprint density at radius 3 is 2.77 bits per heavy atom. The van der Waals surface area contributed by atoms with E-state index in [0.717, 1.165) is 24.6 Å². The zero-order valence-electron chi connectivity index (χ0n) is 13.5. The summed E-state index contributed by atoms with van der Waals surface area (Å²) in [6, 6.07) is 0. The highest BCUT2D eigenvalue weighted by Gasteiger charge is 2.30. The number of hydrogen-bond donors (Lipinski definition) is 0. The predicted octanol–water partition coefficient (Wildman–Crippen LogP) is 1.92. The van der Waals surface area contributed by atoms with E-state index < -0.39 is 0 Å². The molecule has 0 fully saturated rings. The van der Waals surface area contributed by atoms with E-state index in [1.54, 1.807) is 4.90 Å². The minimum atomic E-state index is -0.0326. The van der Waals surface area contributed by atoms with Gasteiger partial charge in [-0.1, -0.05) is 25.9 Å². The molecule has 0 saturated carbocycles. The monoisotopic (exact) mass is 303 g/mol. The molecule has 0 spiro atoms. The van der Waals surface area contributed by atoms with Crippen LogP contribution in [-0.4, -0.2) is 37.3 Å². The molecule has 1 aliphatic rings. The van der Waals surface area contributed by atoms with Crippen molar-refractivity contribution in [2.75, 3.05) is 6.54 Å². The summed E-state index contributed by atoms with van der Waals surface area (Å²) >= 11 is 0. The van der Waals surface area contributed by atoms with E-state index in [1.807, 2.05) is 20.8 Å². The fourth-order valence-electron chi connectivity index (χ4n) is 2.85. The van der Waals surface area contributed by atoms with Gasteiger partial charge in [0.1, 0.15) is 11.4 Å². The van der Waals surface area contributed by atoms with E-state index in [2.05, 4.69) is 26.8 Å². The van der Waals surface area contributed by atoms with Crippen LogP contribution in [0, 0.1) is 6.92 Å². The number of aromatic nitrogens is 4. The fourth-order valence-corrected chi connectivity index (χ4v) is 2.85. The van der Waals surface area contributed by atoms with E-state index in [9.17, 15) is 4.79 Å². The van der Waals surface area contributed by atoms with Crippen molar-refractivity contribution in [2.45, 2.75) is 53.1 Å². The molecule has 0 atom stereocenters. The molecule has 1 amide bonds. The summed E-state index contributed by atoms with van der Waals surface area (Å²) in [5.74, 6) is 2.57. The summed E-state index contributed by atoms with van der Waals surface area (Å²) in [6.07, 6.45) is 0.850. The van der Waals surface area contributed by atoms with Gasteiger partial charge in [0.05, 0.1) is 12.2 Å². The van der Waals surface area contributed by atoms with Crippen molar-refractivity contribution in [1.29, 1.82) is 0 Å². The van der Waals surface area contributed by atoms with Gasteiger partial charge in [0.2, 0.25) is 0 Å². The summed E-state index contributed by atoms with van der Waals surface area (Å²) in [6.45, 7) is 9.73. The van der Waals surface area contributed by atoms with Crippen molar-refractivity contribution in [1.82, 2.24) is 24.8 Å². The van der Waals surface area contributed by atoms with Gasteiger partial charge in [0.25, 0.3) is 5.91 Å². The molecular weight excluding hydrogens is 282 g/mol. The largest absolute Gasteiger partial charge is 0.360 e. The minimum Gasteiger partial charge on any atom is -0.360 e. The van der Waals surface area contributed by atoms with Gasteiger partial charge >= 0.3 is 0 Å². The maximum Gasteiger partial charge on any atom is 0.259 e. The molecule has 0 radical (unpaired) electrons. The van der Waals surface area contributed by atoms with Gasteiger partial charge in [-0.25, -0.2) is 0 Å². The van der Waals surface area contributed by atoms with Crippen molar-refractivity contribution in [3.63, 3.8) is 0 Å². The molecule has 3 heterocycles. The molecule has 0 saturated heterocycles. The Bertz CT molecular complexity index is 701. The summed E-state index contributed by atoms with van der Waals surface area (Å²) in [7, 11) is 0. The number of aryl methyl sites for hydroxylation is 2. The first-order valence-electron chi connectivity index (χ1n) is 7.69. The van der Waals surface area contributed by atoms with Gasteiger partial charge in [-0.15, -0.1) is 10.2 Å². The van der Waals surface area contributed by atoms with Crippen LogP contribution in [0.25, 0.3) is 0 Å². The smallest absolute Gasteiger partial charge is 0.259 e. The first-order chi connectivity index (χ1) is 10.5. The molecule has 1 aliphatic heterocycles. The van der Waals surface area contributed by atoms with Crippen LogP contribution in [0.5, 0.6) is 0 Å². The average molecular weight is 303 g/mol. The van der Waals surface area contributed by atoms with Crippen molar-refractivity contribution < 1.29 is 9.32 Å². The number of carbonyl (C=O) groups excluding carboxylic acids is 1.